The van der Waals surface area contributed by atoms with Crippen molar-refractivity contribution in [3.05, 3.63) is 64.1 Å². The van der Waals surface area contributed by atoms with Crippen LogP contribution in [0.15, 0.2) is 36.4 Å². The fraction of sp³-hybridized carbons (Fsp3) is 0.333. The number of carbonyl (C=O) groups is 2. The summed E-state index contributed by atoms with van der Waals surface area (Å²) in [5.41, 5.74) is 1.79. The highest BCUT2D eigenvalue weighted by atomic mass is 35.5. The molecule has 0 aliphatic heterocycles. The van der Waals surface area contributed by atoms with Crippen molar-refractivity contribution in [1.29, 1.82) is 0 Å². The smallest absolute Gasteiger partial charge is 0.313 e. The summed E-state index contributed by atoms with van der Waals surface area (Å²) in [5, 5.41) is 10.6. The van der Waals surface area contributed by atoms with Gasteiger partial charge in [-0.2, -0.15) is 0 Å². The number of benzene rings is 2. The van der Waals surface area contributed by atoms with Crippen LogP contribution in [-0.2, 0) is 9.53 Å². The predicted molar refractivity (Wildman–Crippen MR) is 116 cm³/mol. The van der Waals surface area contributed by atoms with E-state index < -0.39 is 17.6 Å². The molecular weight excluding hydrogens is 421 g/mol. The molecule has 1 heterocycles. The zero-order chi connectivity index (χ0) is 22.3. The van der Waals surface area contributed by atoms with Crippen molar-refractivity contribution in [2.45, 2.75) is 51.6 Å². The predicted octanol–water partition coefficient (Wildman–Crippen LogP) is 5.73. The number of aromatic nitrogens is 1. The summed E-state index contributed by atoms with van der Waals surface area (Å²) < 4.78 is 21.1. The Morgan fingerprint density at radius 2 is 1.90 bits per heavy atom. The van der Waals surface area contributed by atoms with Gasteiger partial charge in [0.05, 0.1) is 16.5 Å². The number of fused-ring (bicyclic) bond motifs is 1. The first-order valence-electron chi connectivity index (χ1n) is 10.3. The van der Waals surface area contributed by atoms with E-state index in [1.54, 1.807) is 19.9 Å². The van der Waals surface area contributed by atoms with E-state index in [9.17, 15) is 19.1 Å². The lowest BCUT2D eigenvalue weighted by atomic mass is 9.97. The number of hydrogen-bond donors (Lipinski definition) is 1. The van der Waals surface area contributed by atoms with Crippen LogP contribution < -0.4 is 0 Å². The SMILES string of the molecule is Cc1c(C(C)C(=O)OC2CCCC2)c2cc(O)ccc2n1C(=O)c1ccc(Cl)c(F)c1. The Morgan fingerprint density at radius 3 is 2.58 bits per heavy atom. The lowest BCUT2D eigenvalue weighted by Crippen LogP contribution is -2.20. The zero-order valence-electron chi connectivity index (χ0n) is 17.3. The molecule has 5 nitrogen and oxygen atoms in total. The van der Waals surface area contributed by atoms with Crippen molar-refractivity contribution in [1.82, 2.24) is 4.57 Å². The summed E-state index contributed by atoms with van der Waals surface area (Å²) in [6.45, 7) is 3.47. The van der Waals surface area contributed by atoms with Gasteiger partial charge in [-0.1, -0.05) is 11.6 Å². The summed E-state index contributed by atoms with van der Waals surface area (Å²) in [6, 6.07) is 8.49. The minimum Gasteiger partial charge on any atom is -0.508 e. The van der Waals surface area contributed by atoms with E-state index in [-0.39, 0.29) is 28.4 Å². The average Bonchev–Trinajstić information content (AvgIpc) is 3.34. The molecule has 31 heavy (non-hydrogen) atoms. The monoisotopic (exact) mass is 443 g/mol. The highest BCUT2D eigenvalue weighted by Crippen LogP contribution is 2.36. The van der Waals surface area contributed by atoms with E-state index in [1.807, 2.05) is 0 Å². The maximum atomic E-state index is 14.0. The normalized spacial score (nSPS) is 15.4. The number of rotatable bonds is 4. The summed E-state index contributed by atoms with van der Waals surface area (Å²) >= 11 is 5.75. The number of phenols is 1. The maximum Gasteiger partial charge on any atom is 0.313 e. The lowest BCUT2D eigenvalue weighted by Gasteiger charge is -2.17. The number of esters is 1. The van der Waals surface area contributed by atoms with Crippen LogP contribution >= 0.6 is 11.6 Å². The van der Waals surface area contributed by atoms with Crippen LogP contribution in [0.25, 0.3) is 10.9 Å². The topological polar surface area (TPSA) is 68.5 Å². The molecule has 1 atom stereocenters. The fourth-order valence-electron chi connectivity index (χ4n) is 4.39. The molecule has 0 amide bonds. The van der Waals surface area contributed by atoms with Gasteiger partial charge in [0.2, 0.25) is 0 Å². The largest absolute Gasteiger partial charge is 0.508 e. The van der Waals surface area contributed by atoms with Crippen molar-refractivity contribution in [2.24, 2.45) is 0 Å². The minimum absolute atomic E-state index is 0.0206. The molecule has 1 fully saturated rings. The number of phenolic OH excluding ortho intramolecular Hbond substituents is 1. The van der Waals surface area contributed by atoms with Gasteiger partial charge in [-0.05, 0) is 81.5 Å². The van der Waals surface area contributed by atoms with Crippen LogP contribution in [0.2, 0.25) is 5.02 Å². The number of halogens is 2. The summed E-state index contributed by atoms with van der Waals surface area (Å²) in [6.07, 6.45) is 3.74. The molecule has 1 aromatic heterocycles. The third-order valence-corrected chi connectivity index (χ3v) is 6.28. The maximum absolute atomic E-state index is 14.0. The Morgan fingerprint density at radius 1 is 1.19 bits per heavy atom. The van der Waals surface area contributed by atoms with Crippen LogP contribution in [0.1, 0.15) is 60.1 Å². The van der Waals surface area contributed by atoms with E-state index in [2.05, 4.69) is 0 Å². The highest BCUT2D eigenvalue weighted by Gasteiger charge is 2.30. The molecule has 4 rings (SSSR count). The summed E-state index contributed by atoms with van der Waals surface area (Å²) in [7, 11) is 0. The van der Waals surface area contributed by atoms with Gasteiger partial charge >= 0.3 is 5.97 Å². The minimum atomic E-state index is -0.687. The van der Waals surface area contributed by atoms with Crippen LogP contribution in [0, 0.1) is 12.7 Å². The van der Waals surface area contributed by atoms with Crippen LogP contribution in [0.4, 0.5) is 4.39 Å². The second kappa shape index (κ2) is 8.35. The fourth-order valence-corrected chi connectivity index (χ4v) is 4.51. The van der Waals surface area contributed by atoms with Crippen LogP contribution in [0.3, 0.4) is 0 Å². The zero-order valence-corrected chi connectivity index (χ0v) is 18.1. The molecule has 0 radical (unpaired) electrons. The van der Waals surface area contributed by atoms with Gasteiger partial charge in [0, 0.05) is 16.6 Å². The van der Waals surface area contributed by atoms with Crippen molar-refractivity contribution in [2.75, 3.05) is 0 Å². The lowest BCUT2D eigenvalue weighted by molar-refractivity contribution is -0.150. The van der Waals surface area contributed by atoms with Crippen molar-refractivity contribution >= 4 is 34.4 Å². The first-order chi connectivity index (χ1) is 14.8. The Labute approximate surface area is 184 Å². The van der Waals surface area contributed by atoms with E-state index in [0.29, 0.717) is 22.2 Å². The first kappa shape index (κ1) is 21.4. The quantitative estimate of drug-likeness (QED) is 0.523. The van der Waals surface area contributed by atoms with Crippen molar-refractivity contribution in [3.63, 3.8) is 0 Å². The molecule has 0 bridgehead atoms. The number of ether oxygens (including phenoxy) is 1. The van der Waals surface area contributed by atoms with Crippen molar-refractivity contribution in [3.8, 4) is 5.75 Å². The molecule has 1 N–H and O–H groups in total. The van der Waals surface area contributed by atoms with E-state index >= 15 is 0 Å². The van der Waals surface area contributed by atoms with Gasteiger partial charge in [-0.3, -0.25) is 14.2 Å². The standard InChI is InChI=1S/C24H23ClFNO4/c1-13(24(30)31-17-5-3-4-6-17)22-14(2)27(21-10-8-16(28)12-18(21)22)23(29)15-7-9-19(25)20(26)11-15/h7-13,17,28H,3-6H2,1-2H3. The number of aromatic hydroxyl groups is 1. The number of nitrogens with zero attached hydrogens (tertiary/aromatic N) is 1. The van der Waals surface area contributed by atoms with Gasteiger partial charge in [-0.25, -0.2) is 4.39 Å². The second-order valence-corrected chi connectivity index (χ2v) is 8.44. The number of hydrogen-bond acceptors (Lipinski definition) is 4. The molecule has 7 heteroatoms. The Bertz CT molecular complexity index is 1180. The van der Waals surface area contributed by atoms with Gasteiger partial charge < -0.3 is 9.84 Å². The molecular formula is C24H23ClFNO4. The number of carbonyl (C=O) groups excluding carboxylic acids is 2. The molecule has 1 unspecified atom stereocenters. The Balaban J connectivity index is 1.80. The summed E-state index contributed by atoms with van der Waals surface area (Å²) in [5.74, 6) is -2.12. The van der Waals surface area contributed by atoms with Gasteiger partial charge in [-0.15, -0.1) is 0 Å². The van der Waals surface area contributed by atoms with E-state index in [0.717, 1.165) is 31.7 Å². The van der Waals surface area contributed by atoms with E-state index in [1.165, 1.54) is 28.8 Å². The highest BCUT2D eigenvalue weighted by molar-refractivity contribution is 6.30. The third-order valence-electron chi connectivity index (χ3n) is 5.98. The Kier molecular flexibility index (Phi) is 5.75. The Hall–Kier alpha value is -2.86. The van der Waals surface area contributed by atoms with Gasteiger partial charge in [0.1, 0.15) is 17.7 Å². The van der Waals surface area contributed by atoms with Crippen LogP contribution in [0.5, 0.6) is 5.75 Å². The molecule has 1 saturated carbocycles. The third kappa shape index (κ3) is 3.92. The van der Waals surface area contributed by atoms with E-state index in [4.69, 9.17) is 16.3 Å². The second-order valence-electron chi connectivity index (χ2n) is 8.04. The van der Waals surface area contributed by atoms with Crippen molar-refractivity contribution < 1.29 is 23.8 Å². The van der Waals surface area contributed by atoms with Crippen LogP contribution in [-0.4, -0.2) is 27.7 Å². The van der Waals surface area contributed by atoms with Gasteiger partial charge in [0.25, 0.3) is 5.91 Å². The average molecular weight is 444 g/mol. The van der Waals surface area contributed by atoms with Gasteiger partial charge in [0.15, 0.2) is 0 Å². The molecule has 0 spiro atoms. The molecule has 3 aromatic rings. The first-order valence-corrected chi connectivity index (χ1v) is 10.7. The molecule has 1 aliphatic carbocycles. The molecule has 162 valence electrons. The summed E-state index contributed by atoms with van der Waals surface area (Å²) in [4.78, 5) is 26.2. The molecule has 0 saturated heterocycles. The molecule has 2 aromatic carbocycles. The molecule has 1 aliphatic rings.